The fourth-order valence-electron chi connectivity index (χ4n) is 1.38. The highest BCUT2D eigenvalue weighted by Crippen LogP contribution is 2.17. The second-order valence-electron chi connectivity index (χ2n) is 3.94. The monoisotopic (exact) mass is 219 g/mol. The van der Waals surface area contributed by atoms with Gasteiger partial charge in [-0.05, 0) is 26.0 Å². The van der Waals surface area contributed by atoms with Crippen LogP contribution in [-0.2, 0) is 0 Å². The van der Waals surface area contributed by atoms with Crippen LogP contribution >= 0.6 is 0 Å². The summed E-state index contributed by atoms with van der Waals surface area (Å²) in [6, 6.07) is 6.01. The van der Waals surface area contributed by atoms with Gasteiger partial charge < -0.3 is 10.0 Å². The Hall–Kier alpha value is -1.60. The van der Waals surface area contributed by atoms with Gasteiger partial charge in [-0.2, -0.15) is 5.26 Å². The maximum atomic E-state index is 9.33. The molecule has 0 aliphatic carbocycles. The minimum Gasteiger partial charge on any atom is -0.387 e. The molecule has 1 unspecified atom stereocenters. The Bertz CT molecular complexity index is 367. The van der Waals surface area contributed by atoms with Crippen molar-refractivity contribution in [3.63, 3.8) is 0 Å². The Labute approximate surface area is 96.2 Å². The molecule has 1 N–H and O–H groups in total. The van der Waals surface area contributed by atoms with Crippen LogP contribution in [0.2, 0.25) is 0 Å². The molecule has 1 heterocycles. The highest BCUT2D eigenvalue weighted by Gasteiger charge is 2.10. The highest BCUT2D eigenvalue weighted by molar-refractivity contribution is 5.44. The number of nitriles is 1. The third-order valence-corrected chi connectivity index (χ3v) is 2.65. The summed E-state index contributed by atoms with van der Waals surface area (Å²) in [5.74, 6) is 0. The molecule has 86 valence electrons. The van der Waals surface area contributed by atoms with Gasteiger partial charge in [0, 0.05) is 13.1 Å². The van der Waals surface area contributed by atoms with Crippen molar-refractivity contribution in [2.24, 2.45) is 0 Å². The summed E-state index contributed by atoms with van der Waals surface area (Å²) in [6.07, 6.45) is 1.65. The van der Waals surface area contributed by atoms with Crippen LogP contribution in [0.1, 0.15) is 32.1 Å². The number of anilines is 1. The zero-order valence-electron chi connectivity index (χ0n) is 9.88. The first-order chi connectivity index (χ1) is 7.56. The Morgan fingerprint density at radius 3 is 2.62 bits per heavy atom. The number of aliphatic hydroxyl groups is 1. The minimum absolute atomic E-state index is 0.157. The number of hydrogen-bond donors (Lipinski definition) is 1. The molecule has 0 aromatic carbocycles. The average Bonchev–Trinajstić information content (AvgIpc) is 2.28. The molecular formula is C12H17N3O. The molecule has 0 radical (unpaired) electrons. The van der Waals surface area contributed by atoms with Crippen LogP contribution in [0.4, 0.5) is 5.69 Å². The summed E-state index contributed by atoms with van der Waals surface area (Å²) in [5.41, 5.74) is 1.61. The molecule has 0 saturated heterocycles. The second kappa shape index (κ2) is 5.47. The summed E-state index contributed by atoms with van der Waals surface area (Å²) in [4.78, 5) is 6.17. The van der Waals surface area contributed by atoms with E-state index in [1.165, 1.54) is 0 Å². The third kappa shape index (κ3) is 2.94. The molecule has 0 aliphatic rings. The Morgan fingerprint density at radius 2 is 2.19 bits per heavy atom. The minimum atomic E-state index is -0.545. The van der Waals surface area contributed by atoms with Crippen molar-refractivity contribution in [2.75, 3.05) is 11.9 Å². The molecule has 0 amide bonds. The van der Waals surface area contributed by atoms with Gasteiger partial charge in [0.25, 0.3) is 0 Å². The van der Waals surface area contributed by atoms with Crippen molar-refractivity contribution < 1.29 is 5.11 Å². The molecule has 4 nitrogen and oxygen atoms in total. The quantitative estimate of drug-likeness (QED) is 0.839. The average molecular weight is 219 g/mol. The van der Waals surface area contributed by atoms with Gasteiger partial charge in [-0.15, -0.1) is 0 Å². The van der Waals surface area contributed by atoms with Gasteiger partial charge >= 0.3 is 0 Å². The van der Waals surface area contributed by atoms with Crippen molar-refractivity contribution >= 4 is 5.69 Å². The van der Waals surface area contributed by atoms with Gasteiger partial charge in [-0.3, -0.25) is 4.98 Å². The second-order valence-corrected chi connectivity index (χ2v) is 3.94. The first-order valence-corrected chi connectivity index (χ1v) is 5.30. The summed E-state index contributed by atoms with van der Waals surface area (Å²) in [5, 5.41) is 18.0. The maximum Gasteiger partial charge on any atom is 0.0931 e. The van der Waals surface area contributed by atoms with Crippen molar-refractivity contribution in [1.29, 1.82) is 5.26 Å². The Kier molecular flexibility index (Phi) is 4.27. The number of rotatable bonds is 4. The van der Waals surface area contributed by atoms with E-state index in [0.29, 0.717) is 12.1 Å². The molecule has 16 heavy (non-hydrogen) atoms. The fraction of sp³-hybridized carbons (Fsp3) is 0.500. The van der Waals surface area contributed by atoms with E-state index in [-0.39, 0.29) is 6.04 Å². The molecule has 1 aromatic rings. The smallest absolute Gasteiger partial charge is 0.0931 e. The zero-order valence-corrected chi connectivity index (χ0v) is 9.88. The predicted molar refractivity (Wildman–Crippen MR) is 63.0 cm³/mol. The van der Waals surface area contributed by atoms with Crippen molar-refractivity contribution in [2.45, 2.75) is 32.4 Å². The standard InChI is InChI=1S/C12H17N3O/c1-9(6-7-13)15(3)11-4-5-12(10(2)16)14-8-11/h4-5,8-10,16H,6H2,1-3H3/t9?,10-/m1/s1. The van der Waals surface area contributed by atoms with Gasteiger partial charge in [0.2, 0.25) is 0 Å². The molecule has 0 saturated carbocycles. The molecule has 1 aromatic heterocycles. The van der Waals surface area contributed by atoms with Gasteiger partial charge in [0.15, 0.2) is 0 Å². The lowest BCUT2D eigenvalue weighted by molar-refractivity contribution is 0.194. The Balaban J connectivity index is 2.78. The van der Waals surface area contributed by atoms with Crippen LogP contribution in [0.3, 0.4) is 0 Å². The third-order valence-electron chi connectivity index (χ3n) is 2.65. The van der Waals surface area contributed by atoms with Crippen LogP contribution in [0.25, 0.3) is 0 Å². The fourth-order valence-corrected chi connectivity index (χ4v) is 1.38. The van der Waals surface area contributed by atoms with Gasteiger partial charge in [-0.1, -0.05) is 0 Å². The molecule has 1 rings (SSSR count). The first kappa shape index (κ1) is 12.5. The van der Waals surface area contributed by atoms with Crippen molar-refractivity contribution in [1.82, 2.24) is 4.98 Å². The van der Waals surface area contributed by atoms with Gasteiger partial charge in [0.05, 0.1) is 36.2 Å². The van der Waals surface area contributed by atoms with Crippen LogP contribution in [0, 0.1) is 11.3 Å². The number of pyridine rings is 1. The first-order valence-electron chi connectivity index (χ1n) is 5.30. The van der Waals surface area contributed by atoms with Gasteiger partial charge in [0.1, 0.15) is 0 Å². The van der Waals surface area contributed by atoms with Crippen LogP contribution in [0.15, 0.2) is 18.3 Å². The lowest BCUT2D eigenvalue weighted by atomic mass is 10.2. The molecule has 0 fully saturated rings. The van der Waals surface area contributed by atoms with Crippen molar-refractivity contribution in [3.05, 3.63) is 24.0 Å². The van der Waals surface area contributed by atoms with Crippen molar-refractivity contribution in [3.8, 4) is 6.07 Å². The lowest BCUT2D eigenvalue weighted by Gasteiger charge is -2.24. The lowest BCUT2D eigenvalue weighted by Crippen LogP contribution is -2.28. The number of aromatic nitrogens is 1. The largest absolute Gasteiger partial charge is 0.387 e. The molecule has 0 spiro atoms. The van der Waals surface area contributed by atoms with E-state index >= 15 is 0 Å². The van der Waals surface area contributed by atoms with Gasteiger partial charge in [-0.25, -0.2) is 0 Å². The van der Waals surface area contributed by atoms with E-state index in [0.717, 1.165) is 5.69 Å². The maximum absolute atomic E-state index is 9.33. The predicted octanol–water partition coefficient (Wildman–Crippen LogP) is 1.87. The van der Waals surface area contributed by atoms with E-state index in [9.17, 15) is 5.11 Å². The van der Waals surface area contributed by atoms with E-state index in [1.54, 1.807) is 19.2 Å². The summed E-state index contributed by atoms with van der Waals surface area (Å²) in [6.45, 7) is 3.68. The zero-order chi connectivity index (χ0) is 12.1. The number of aliphatic hydroxyl groups excluding tert-OH is 1. The summed E-state index contributed by atoms with van der Waals surface area (Å²) >= 11 is 0. The number of hydrogen-bond acceptors (Lipinski definition) is 4. The summed E-state index contributed by atoms with van der Waals surface area (Å²) in [7, 11) is 1.93. The van der Waals surface area contributed by atoms with Crippen LogP contribution < -0.4 is 4.90 Å². The highest BCUT2D eigenvalue weighted by atomic mass is 16.3. The molecule has 0 aliphatic heterocycles. The molecule has 2 atom stereocenters. The summed E-state index contributed by atoms with van der Waals surface area (Å²) < 4.78 is 0. The molecular weight excluding hydrogens is 202 g/mol. The molecule has 0 bridgehead atoms. The van der Waals surface area contributed by atoms with E-state index in [2.05, 4.69) is 11.1 Å². The SMILES string of the molecule is CC(CC#N)N(C)c1ccc([C@@H](C)O)nc1. The normalized spacial score (nSPS) is 13.9. The van der Waals surface area contributed by atoms with Crippen LogP contribution in [0.5, 0.6) is 0 Å². The van der Waals surface area contributed by atoms with E-state index < -0.39 is 6.10 Å². The Morgan fingerprint density at radius 1 is 1.50 bits per heavy atom. The van der Waals surface area contributed by atoms with Crippen LogP contribution in [-0.4, -0.2) is 23.2 Å². The number of nitrogens with zero attached hydrogens (tertiary/aromatic N) is 3. The topological polar surface area (TPSA) is 60.2 Å². The molecule has 4 heteroatoms. The van der Waals surface area contributed by atoms with E-state index in [4.69, 9.17) is 5.26 Å². The van der Waals surface area contributed by atoms with E-state index in [1.807, 2.05) is 24.9 Å².